The van der Waals surface area contributed by atoms with E-state index in [0.717, 1.165) is 0 Å². The van der Waals surface area contributed by atoms with Gasteiger partial charge in [-0.05, 0) is 6.42 Å². The predicted molar refractivity (Wildman–Crippen MR) is 88.4 cm³/mol. The lowest BCUT2D eigenvalue weighted by atomic mass is 9.70. The van der Waals surface area contributed by atoms with E-state index < -0.39 is 35.6 Å². The van der Waals surface area contributed by atoms with Crippen molar-refractivity contribution in [2.45, 2.75) is 25.3 Å². The van der Waals surface area contributed by atoms with Gasteiger partial charge < -0.3 is 0 Å². The Bertz CT molecular complexity index is 375. The van der Waals surface area contributed by atoms with Crippen LogP contribution in [0.25, 0.3) is 0 Å². The third kappa shape index (κ3) is 1.94. The van der Waals surface area contributed by atoms with E-state index in [1.54, 1.807) is 0 Å². The Balaban J connectivity index is 2.74. The van der Waals surface area contributed by atoms with Crippen LogP contribution >= 0.6 is 104 Å². The standard InChI is InChI=1S/C10H9Cl9/c11-2-7(3-12)4-5(13)10(18,19)8(7,6(14)15)1-9(4,16)17/h4-6H,1-3H2/t4-,5+,8-/m1/s1. The zero-order chi connectivity index (χ0) is 14.9. The number of rotatable bonds is 3. The molecule has 2 bridgehead atoms. The summed E-state index contributed by atoms with van der Waals surface area (Å²) < 4.78 is -2.59. The summed E-state index contributed by atoms with van der Waals surface area (Å²) in [6.45, 7) is 0. The monoisotopic (exact) mass is 444 g/mol. The number of hydrogen-bond acceptors (Lipinski definition) is 0. The molecule has 0 aliphatic heterocycles. The number of alkyl halides is 9. The Hall–Kier alpha value is 2.61. The van der Waals surface area contributed by atoms with Crippen LogP contribution in [0.3, 0.4) is 0 Å². The Labute approximate surface area is 157 Å². The maximum atomic E-state index is 6.47. The molecule has 0 N–H and O–H groups in total. The number of hydrogen-bond donors (Lipinski definition) is 0. The fourth-order valence-corrected chi connectivity index (χ4v) is 8.72. The van der Waals surface area contributed by atoms with Crippen molar-refractivity contribution >= 4 is 104 Å². The zero-order valence-corrected chi connectivity index (χ0v) is 16.1. The van der Waals surface area contributed by atoms with Gasteiger partial charge in [0.1, 0.15) is 13.5 Å². The van der Waals surface area contributed by atoms with E-state index in [9.17, 15) is 0 Å². The smallest absolute Gasteiger partial charge is 0.126 e. The van der Waals surface area contributed by atoms with Gasteiger partial charge in [-0.2, -0.15) is 0 Å². The van der Waals surface area contributed by atoms with Gasteiger partial charge in [-0.15, -0.1) is 81.2 Å². The molecule has 0 heterocycles. The molecule has 0 aromatic rings. The van der Waals surface area contributed by atoms with Gasteiger partial charge in [0, 0.05) is 28.5 Å². The average Bonchev–Trinajstić information content (AvgIpc) is 2.60. The second-order valence-corrected chi connectivity index (χ2v) is 10.2. The molecule has 2 rings (SSSR count). The minimum atomic E-state index is -1.41. The van der Waals surface area contributed by atoms with Crippen molar-refractivity contribution in [1.29, 1.82) is 0 Å². The normalized spacial score (nSPS) is 42.0. The lowest BCUT2D eigenvalue weighted by Gasteiger charge is -2.47. The van der Waals surface area contributed by atoms with Crippen LogP contribution in [-0.2, 0) is 0 Å². The van der Waals surface area contributed by atoms with Gasteiger partial charge in [0.25, 0.3) is 0 Å². The van der Waals surface area contributed by atoms with Crippen molar-refractivity contribution in [1.82, 2.24) is 0 Å². The van der Waals surface area contributed by atoms with Crippen LogP contribution in [0.15, 0.2) is 0 Å². The second kappa shape index (κ2) is 5.32. The summed E-state index contributed by atoms with van der Waals surface area (Å²) >= 11 is 56.8. The van der Waals surface area contributed by atoms with Gasteiger partial charge in [-0.3, -0.25) is 0 Å². The molecule has 3 atom stereocenters. The van der Waals surface area contributed by atoms with Crippen LogP contribution in [0.4, 0.5) is 0 Å². The fraction of sp³-hybridized carbons (Fsp3) is 1.00. The molecule has 0 saturated heterocycles. The highest BCUT2D eigenvalue weighted by atomic mass is 35.5. The largest absolute Gasteiger partial charge is 0.143 e. The summed E-state index contributed by atoms with van der Waals surface area (Å²) in [5, 5.41) is -0.753. The van der Waals surface area contributed by atoms with Gasteiger partial charge in [0.15, 0.2) is 0 Å². The van der Waals surface area contributed by atoms with Crippen molar-refractivity contribution in [2.75, 3.05) is 11.8 Å². The molecule has 0 spiro atoms. The molecule has 9 heteroatoms. The highest BCUT2D eigenvalue weighted by molar-refractivity contribution is 6.58. The quantitative estimate of drug-likeness (QED) is 0.449. The van der Waals surface area contributed by atoms with E-state index in [2.05, 4.69) is 0 Å². The van der Waals surface area contributed by atoms with Crippen molar-refractivity contribution in [2.24, 2.45) is 16.7 Å². The van der Waals surface area contributed by atoms with E-state index in [1.165, 1.54) is 0 Å². The Morgan fingerprint density at radius 2 is 1.47 bits per heavy atom. The SMILES string of the molecule is ClCC1(CCl)[C@H]2[C@H](Cl)C(Cl)(Cl)[C@@]1(C(Cl)Cl)CC2(Cl)Cl. The summed E-state index contributed by atoms with van der Waals surface area (Å²) in [4.78, 5) is -0.953. The topological polar surface area (TPSA) is 0 Å². The van der Waals surface area contributed by atoms with Gasteiger partial charge in [0.05, 0.1) is 5.38 Å². The molecule has 2 saturated carbocycles. The summed E-state index contributed by atoms with van der Waals surface area (Å²) in [6.07, 6.45) is 0.182. The minimum Gasteiger partial charge on any atom is -0.126 e. The molecular weight excluding hydrogens is 439 g/mol. The van der Waals surface area contributed by atoms with E-state index in [0.29, 0.717) is 0 Å². The molecular formula is C10H9Cl9. The molecule has 0 aromatic carbocycles. The summed E-state index contributed by atoms with van der Waals surface area (Å²) in [5.74, 6) is -0.277. The summed E-state index contributed by atoms with van der Waals surface area (Å²) in [6, 6.07) is 0. The first kappa shape index (κ1) is 18.0. The first-order chi connectivity index (χ1) is 8.55. The molecule has 112 valence electrons. The van der Waals surface area contributed by atoms with Crippen molar-refractivity contribution in [3.05, 3.63) is 0 Å². The Morgan fingerprint density at radius 3 is 1.79 bits per heavy atom. The third-order valence-corrected chi connectivity index (χ3v) is 8.92. The average molecular weight is 448 g/mol. The van der Waals surface area contributed by atoms with Crippen molar-refractivity contribution < 1.29 is 0 Å². The molecule has 19 heavy (non-hydrogen) atoms. The Morgan fingerprint density at radius 1 is 1.00 bits per heavy atom. The summed E-state index contributed by atoms with van der Waals surface area (Å²) in [7, 11) is 0. The van der Waals surface area contributed by atoms with Gasteiger partial charge >= 0.3 is 0 Å². The van der Waals surface area contributed by atoms with Crippen LogP contribution in [0.2, 0.25) is 0 Å². The lowest BCUT2D eigenvalue weighted by Crippen LogP contribution is -2.53. The van der Waals surface area contributed by atoms with E-state index >= 15 is 0 Å². The molecule has 0 unspecified atom stereocenters. The van der Waals surface area contributed by atoms with Gasteiger partial charge in [-0.1, -0.05) is 23.2 Å². The van der Waals surface area contributed by atoms with Gasteiger partial charge in [-0.25, -0.2) is 0 Å². The summed E-state index contributed by atoms with van der Waals surface area (Å²) in [5.41, 5.74) is -1.90. The molecule has 0 radical (unpaired) electrons. The van der Waals surface area contributed by atoms with Crippen LogP contribution in [0.5, 0.6) is 0 Å². The predicted octanol–water partition coefficient (Wildman–Crippen LogP) is 6.23. The molecule has 2 aliphatic rings. The van der Waals surface area contributed by atoms with E-state index in [-0.39, 0.29) is 18.2 Å². The van der Waals surface area contributed by atoms with Crippen LogP contribution in [0.1, 0.15) is 6.42 Å². The van der Waals surface area contributed by atoms with Crippen LogP contribution in [0, 0.1) is 16.7 Å². The third-order valence-electron chi connectivity index (χ3n) is 4.54. The molecule has 2 fully saturated rings. The lowest BCUT2D eigenvalue weighted by molar-refractivity contribution is 0.145. The maximum Gasteiger partial charge on any atom is 0.143 e. The Kier molecular flexibility index (Phi) is 5.02. The highest BCUT2D eigenvalue weighted by Crippen LogP contribution is 2.81. The first-order valence-corrected chi connectivity index (χ1v) is 9.24. The van der Waals surface area contributed by atoms with E-state index in [1.807, 2.05) is 0 Å². The number of fused-ring (bicyclic) bond motifs is 2. The van der Waals surface area contributed by atoms with Crippen molar-refractivity contribution in [3.63, 3.8) is 0 Å². The highest BCUT2D eigenvalue weighted by Gasteiger charge is 2.85. The van der Waals surface area contributed by atoms with Crippen LogP contribution in [-0.4, -0.2) is 30.6 Å². The van der Waals surface area contributed by atoms with Gasteiger partial charge in [0.2, 0.25) is 0 Å². The van der Waals surface area contributed by atoms with Crippen molar-refractivity contribution in [3.8, 4) is 0 Å². The zero-order valence-electron chi connectivity index (χ0n) is 9.26. The molecule has 0 aromatic heterocycles. The number of halogens is 9. The molecule has 2 aliphatic carbocycles. The van der Waals surface area contributed by atoms with E-state index in [4.69, 9.17) is 104 Å². The van der Waals surface area contributed by atoms with Crippen LogP contribution < -0.4 is 0 Å². The minimum absolute atomic E-state index is 0.114. The first-order valence-electron chi connectivity index (χ1n) is 5.35. The molecule has 0 amide bonds. The maximum absolute atomic E-state index is 6.47. The molecule has 0 nitrogen and oxygen atoms in total. The fourth-order valence-electron chi connectivity index (χ4n) is 3.62. The second-order valence-electron chi connectivity index (χ2n) is 5.14.